The van der Waals surface area contributed by atoms with E-state index in [0.29, 0.717) is 11.5 Å². The van der Waals surface area contributed by atoms with Gasteiger partial charge in [0.1, 0.15) is 5.82 Å². The first-order chi connectivity index (χ1) is 12.3. The maximum atomic E-state index is 12.8. The van der Waals surface area contributed by atoms with Gasteiger partial charge in [-0.05, 0) is 44.2 Å². The molecule has 4 nitrogen and oxygen atoms in total. The van der Waals surface area contributed by atoms with E-state index in [-0.39, 0.29) is 11.6 Å². The van der Waals surface area contributed by atoms with Crippen molar-refractivity contribution in [3.05, 3.63) is 71.4 Å². The lowest BCUT2D eigenvalue weighted by Crippen LogP contribution is -2.06. The van der Waals surface area contributed by atoms with Crippen LogP contribution >= 0.6 is 0 Å². The van der Waals surface area contributed by atoms with Crippen LogP contribution in [0.15, 0.2) is 54.6 Å². The summed E-state index contributed by atoms with van der Waals surface area (Å²) < 4.78 is 38.5. The summed E-state index contributed by atoms with van der Waals surface area (Å²) in [5.74, 6) is 0.773. The molecule has 7 heteroatoms. The summed E-state index contributed by atoms with van der Waals surface area (Å²) in [4.78, 5) is 8.56. The van der Waals surface area contributed by atoms with Crippen molar-refractivity contribution in [3.63, 3.8) is 0 Å². The molecule has 0 bridgehead atoms. The van der Waals surface area contributed by atoms with Gasteiger partial charge in [-0.2, -0.15) is 18.2 Å². The number of alkyl halides is 3. The fraction of sp³-hybridized carbons (Fsp3) is 0.158. The van der Waals surface area contributed by atoms with Crippen LogP contribution in [0.5, 0.6) is 0 Å². The van der Waals surface area contributed by atoms with Crippen LogP contribution in [-0.2, 0) is 6.18 Å². The highest BCUT2D eigenvalue weighted by molar-refractivity contribution is 5.60. The molecule has 2 aromatic carbocycles. The molecule has 0 radical (unpaired) electrons. The second-order valence-corrected chi connectivity index (χ2v) is 5.91. The number of anilines is 4. The number of nitrogens with one attached hydrogen (secondary N) is 2. The van der Waals surface area contributed by atoms with Crippen LogP contribution in [-0.4, -0.2) is 9.97 Å². The van der Waals surface area contributed by atoms with Crippen LogP contribution in [0.2, 0.25) is 0 Å². The monoisotopic (exact) mass is 358 g/mol. The SMILES string of the molecule is Cc1ccc(Nc2cc(C)nc(Nc3cccc(C(F)(F)F)c3)n2)cc1. The van der Waals surface area contributed by atoms with Crippen LogP contribution in [0.4, 0.5) is 36.3 Å². The Hall–Kier alpha value is -3.09. The molecule has 26 heavy (non-hydrogen) atoms. The van der Waals surface area contributed by atoms with Gasteiger partial charge in [0.25, 0.3) is 0 Å². The van der Waals surface area contributed by atoms with Crippen molar-refractivity contribution in [1.82, 2.24) is 9.97 Å². The van der Waals surface area contributed by atoms with Gasteiger partial charge in [0.2, 0.25) is 5.95 Å². The summed E-state index contributed by atoms with van der Waals surface area (Å²) in [6.07, 6.45) is -4.40. The van der Waals surface area contributed by atoms with Crippen molar-refractivity contribution in [2.45, 2.75) is 20.0 Å². The molecular formula is C19H17F3N4. The van der Waals surface area contributed by atoms with Gasteiger partial charge in [-0.15, -0.1) is 0 Å². The zero-order valence-corrected chi connectivity index (χ0v) is 14.2. The third kappa shape index (κ3) is 4.50. The van der Waals surface area contributed by atoms with E-state index in [2.05, 4.69) is 20.6 Å². The maximum absolute atomic E-state index is 12.8. The van der Waals surface area contributed by atoms with Gasteiger partial charge in [0, 0.05) is 23.1 Å². The van der Waals surface area contributed by atoms with Crippen molar-refractivity contribution in [3.8, 4) is 0 Å². The lowest BCUT2D eigenvalue weighted by Gasteiger charge is -2.12. The number of benzene rings is 2. The minimum absolute atomic E-state index is 0.221. The predicted molar refractivity (Wildman–Crippen MR) is 96.0 cm³/mol. The van der Waals surface area contributed by atoms with E-state index >= 15 is 0 Å². The van der Waals surface area contributed by atoms with Crippen molar-refractivity contribution in [2.75, 3.05) is 10.6 Å². The number of aromatic nitrogens is 2. The van der Waals surface area contributed by atoms with E-state index in [1.807, 2.05) is 31.2 Å². The van der Waals surface area contributed by atoms with Crippen molar-refractivity contribution < 1.29 is 13.2 Å². The second kappa shape index (κ2) is 7.03. The summed E-state index contributed by atoms with van der Waals surface area (Å²) >= 11 is 0. The summed E-state index contributed by atoms with van der Waals surface area (Å²) in [6.45, 7) is 3.79. The molecular weight excluding hydrogens is 341 g/mol. The van der Waals surface area contributed by atoms with Crippen molar-refractivity contribution >= 4 is 23.1 Å². The third-order valence-electron chi connectivity index (χ3n) is 3.62. The standard InChI is InChI=1S/C19H17F3N4/c1-12-6-8-15(9-7-12)24-17-10-13(2)23-18(26-17)25-16-5-3-4-14(11-16)19(20,21)22/h3-11H,1-2H3,(H2,23,24,25,26). The number of rotatable bonds is 4. The van der Waals surface area contributed by atoms with Crippen LogP contribution in [0, 0.1) is 13.8 Å². The molecule has 0 spiro atoms. The minimum Gasteiger partial charge on any atom is -0.340 e. The molecule has 1 heterocycles. The van der Waals surface area contributed by atoms with Gasteiger partial charge >= 0.3 is 6.18 Å². The molecule has 134 valence electrons. The van der Waals surface area contributed by atoms with E-state index in [1.165, 1.54) is 12.1 Å². The molecule has 0 aliphatic heterocycles. The summed E-state index contributed by atoms with van der Waals surface area (Å²) in [5, 5.41) is 5.99. The summed E-state index contributed by atoms with van der Waals surface area (Å²) in [5.41, 5.74) is 2.23. The number of hydrogen-bond donors (Lipinski definition) is 2. The van der Waals surface area contributed by atoms with E-state index in [1.54, 1.807) is 13.0 Å². The molecule has 0 unspecified atom stereocenters. The normalized spacial score (nSPS) is 11.3. The van der Waals surface area contributed by atoms with Gasteiger partial charge in [0.05, 0.1) is 5.56 Å². The maximum Gasteiger partial charge on any atom is 0.416 e. The molecule has 0 fully saturated rings. The topological polar surface area (TPSA) is 49.8 Å². The van der Waals surface area contributed by atoms with E-state index in [9.17, 15) is 13.2 Å². The first-order valence-corrected chi connectivity index (χ1v) is 7.93. The quantitative estimate of drug-likeness (QED) is 0.637. The summed E-state index contributed by atoms with van der Waals surface area (Å²) in [6, 6.07) is 14.5. The van der Waals surface area contributed by atoms with Gasteiger partial charge in [-0.25, -0.2) is 4.98 Å². The molecule has 3 rings (SSSR count). The zero-order chi connectivity index (χ0) is 18.7. The molecule has 0 aliphatic carbocycles. The Morgan fingerprint density at radius 2 is 1.54 bits per heavy atom. The highest BCUT2D eigenvalue weighted by Gasteiger charge is 2.30. The largest absolute Gasteiger partial charge is 0.416 e. The van der Waals surface area contributed by atoms with Crippen molar-refractivity contribution in [1.29, 1.82) is 0 Å². The number of aryl methyl sites for hydroxylation is 2. The highest BCUT2D eigenvalue weighted by Crippen LogP contribution is 2.31. The average molecular weight is 358 g/mol. The molecule has 0 amide bonds. The Kier molecular flexibility index (Phi) is 4.79. The lowest BCUT2D eigenvalue weighted by molar-refractivity contribution is -0.137. The molecule has 0 atom stereocenters. The molecule has 1 aromatic heterocycles. The Morgan fingerprint density at radius 1 is 0.808 bits per heavy atom. The highest BCUT2D eigenvalue weighted by atomic mass is 19.4. The van der Waals surface area contributed by atoms with Crippen LogP contribution < -0.4 is 10.6 Å². The molecule has 2 N–H and O–H groups in total. The number of nitrogens with zero attached hydrogens (tertiary/aromatic N) is 2. The van der Waals surface area contributed by atoms with Gasteiger partial charge in [-0.3, -0.25) is 0 Å². The second-order valence-electron chi connectivity index (χ2n) is 5.91. The fourth-order valence-corrected chi connectivity index (χ4v) is 2.38. The van der Waals surface area contributed by atoms with E-state index in [0.717, 1.165) is 23.4 Å². The van der Waals surface area contributed by atoms with Crippen LogP contribution in [0.1, 0.15) is 16.8 Å². The first-order valence-electron chi connectivity index (χ1n) is 7.93. The Bertz CT molecular complexity index is 905. The average Bonchev–Trinajstić information content (AvgIpc) is 2.56. The molecule has 0 aliphatic rings. The van der Waals surface area contributed by atoms with E-state index < -0.39 is 11.7 Å². The molecule has 3 aromatic rings. The predicted octanol–water partition coefficient (Wildman–Crippen LogP) is 5.60. The number of halogens is 3. The Labute approximate surface area is 149 Å². The third-order valence-corrected chi connectivity index (χ3v) is 3.62. The summed E-state index contributed by atoms with van der Waals surface area (Å²) in [7, 11) is 0. The van der Waals surface area contributed by atoms with Crippen molar-refractivity contribution in [2.24, 2.45) is 0 Å². The minimum atomic E-state index is -4.40. The van der Waals surface area contributed by atoms with Crippen LogP contribution in [0.3, 0.4) is 0 Å². The Balaban J connectivity index is 1.83. The fourth-order valence-electron chi connectivity index (χ4n) is 2.38. The van der Waals surface area contributed by atoms with E-state index in [4.69, 9.17) is 0 Å². The molecule has 0 saturated carbocycles. The van der Waals surface area contributed by atoms with Gasteiger partial charge < -0.3 is 10.6 Å². The zero-order valence-electron chi connectivity index (χ0n) is 14.2. The van der Waals surface area contributed by atoms with Crippen LogP contribution in [0.25, 0.3) is 0 Å². The molecule has 0 saturated heterocycles. The smallest absolute Gasteiger partial charge is 0.340 e. The number of hydrogen-bond acceptors (Lipinski definition) is 4. The lowest BCUT2D eigenvalue weighted by atomic mass is 10.2. The Morgan fingerprint density at radius 3 is 2.23 bits per heavy atom. The van der Waals surface area contributed by atoms with Gasteiger partial charge in [0.15, 0.2) is 0 Å². The van der Waals surface area contributed by atoms with Gasteiger partial charge in [-0.1, -0.05) is 23.8 Å². The first kappa shape index (κ1) is 17.7.